The molecule has 0 radical (unpaired) electrons. The lowest BCUT2D eigenvalue weighted by molar-refractivity contribution is -0.138. The number of fused-ring (bicyclic) bond motifs is 4. The van der Waals surface area contributed by atoms with Gasteiger partial charge in [0.25, 0.3) is 0 Å². The van der Waals surface area contributed by atoms with E-state index in [2.05, 4.69) is 67.6 Å². The van der Waals surface area contributed by atoms with Crippen molar-refractivity contribution in [2.45, 2.75) is 53.9 Å². The number of aryl methyl sites for hydroxylation is 1. The topological polar surface area (TPSA) is 20.3 Å². The van der Waals surface area contributed by atoms with Crippen molar-refractivity contribution in [3.8, 4) is 0 Å². The van der Waals surface area contributed by atoms with Gasteiger partial charge in [0.1, 0.15) is 0 Å². The third-order valence-corrected chi connectivity index (χ3v) is 7.88. The molecule has 3 heteroatoms. The Kier molecular flexibility index (Phi) is 4.24. The molecule has 28 heavy (non-hydrogen) atoms. The fourth-order valence-corrected chi connectivity index (χ4v) is 6.27. The van der Waals surface area contributed by atoms with E-state index < -0.39 is 0 Å². The van der Waals surface area contributed by atoms with Crippen LogP contribution >= 0.6 is 11.8 Å². The summed E-state index contributed by atoms with van der Waals surface area (Å²) in [7, 11) is 1.99. The summed E-state index contributed by atoms with van der Waals surface area (Å²) in [6.07, 6.45) is 3.74. The Labute approximate surface area is 170 Å². The van der Waals surface area contributed by atoms with Crippen molar-refractivity contribution >= 4 is 28.4 Å². The SMILES string of the molecule is CN1C(=O)CC[C@]2(C)c3ccc(Sc4cccc5ccccc45)cc3CC[C@@H]12. The lowest BCUT2D eigenvalue weighted by Crippen LogP contribution is -2.56. The summed E-state index contributed by atoms with van der Waals surface area (Å²) in [6.45, 7) is 2.36. The van der Waals surface area contributed by atoms with Crippen LogP contribution in [0.25, 0.3) is 10.8 Å². The van der Waals surface area contributed by atoms with Crippen LogP contribution in [-0.4, -0.2) is 23.9 Å². The smallest absolute Gasteiger partial charge is 0.222 e. The zero-order valence-electron chi connectivity index (χ0n) is 16.4. The zero-order chi connectivity index (χ0) is 19.3. The van der Waals surface area contributed by atoms with Crippen LogP contribution in [0.4, 0.5) is 0 Å². The Balaban J connectivity index is 1.50. The van der Waals surface area contributed by atoms with E-state index in [1.165, 1.54) is 31.7 Å². The summed E-state index contributed by atoms with van der Waals surface area (Å²) in [5.74, 6) is 0.300. The van der Waals surface area contributed by atoms with Gasteiger partial charge in [0, 0.05) is 34.7 Å². The van der Waals surface area contributed by atoms with Crippen molar-refractivity contribution in [3.63, 3.8) is 0 Å². The number of amides is 1. The molecule has 1 aliphatic heterocycles. The molecule has 2 atom stereocenters. The van der Waals surface area contributed by atoms with Crippen LogP contribution in [0, 0.1) is 0 Å². The number of carbonyl (C=O) groups excluding carboxylic acids is 1. The standard InChI is InChI=1S/C25H25NOS/c1-25-15-14-24(27)26(2)23(25)13-10-18-16-19(11-12-21(18)25)28-22-9-5-7-17-6-3-4-8-20(17)22/h3-9,11-12,16,23H,10,13-15H2,1-2H3/t23-,25-/m1/s1. The van der Waals surface area contributed by atoms with E-state index in [-0.39, 0.29) is 5.41 Å². The Morgan fingerprint density at radius 3 is 2.75 bits per heavy atom. The quantitative estimate of drug-likeness (QED) is 0.552. The van der Waals surface area contributed by atoms with Crippen LogP contribution in [0.3, 0.4) is 0 Å². The summed E-state index contributed by atoms with van der Waals surface area (Å²) >= 11 is 1.85. The minimum atomic E-state index is 0.0822. The average Bonchev–Trinajstić information content (AvgIpc) is 2.71. The molecular formula is C25H25NOS. The number of likely N-dealkylation sites (N-methyl/N-ethyl adjacent to an activating group) is 1. The molecule has 0 unspecified atom stereocenters. The van der Waals surface area contributed by atoms with E-state index in [1.807, 2.05) is 23.7 Å². The largest absolute Gasteiger partial charge is 0.342 e. The number of piperidine rings is 1. The van der Waals surface area contributed by atoms with Gasteiger partial charge in [0.05, 0.1) is 0 Å². The van der Waals surface area contributed by atoms with Gasteiger partial charge in [-0.1, -0.05) is 61.2 Å². The molecule has 1 aliphatic carbocycles. The van der Waals surface area contributed by atoms with Crippen molar-refractivity contribution in [2.24, 2.45) is 0 Å². The number of likely N-dealkylation sites (tertiary alicyclic amines) is 1. The van der Waals surface area contributed by atoms with Gasteiger partial charge < -0.3 is 4.90 Å². The summed E-state index contributed by atoms with van der Waals surface area (Å²) < 4.78 is 0. The normalized spacial score (nSPS) is 24.1. The molecule has 1 heterocycles. The van der Waals surface area contributed by atoms with Crippen molar-refractivity contribution in [1.29, 1.82) is 0 Å². The molecule has 1 amide bonds. The van der Waals surface area contributed by atoms with E-state index in [1.54, 1.807) is 0 Å². The first-order valence-corrected chi connectivity index (χ1v) is 10.9. The number of hydrogen-bond acceptors (Lipinski definition) is 2. The fourth-order valence-electron chi connectivity index (χ4n) is 5.24. The molecule has 0 saturated carbocycles. The third kappa shape index (κ3) is 2.76. The average molecular weight is 388 g/mol. The molecule has 3 aromatic carbocycles. The van der Waals surface area contributed by atoms with Gasteiger partial charge in [0.2, 0.25) is 5.91 Å². The van der Waals surface area contributed by atoms with Crippen molar-refractivity contribution in [1.82, 2.24) is 4.90 Å². The minimum absolute atomic E-state index is 0.0822. The van der Waals surface area contributed by atoms with E-state index in [9.17, 15) is 4.79 Å². The van der Waals surface area contributed by atoms with Crippen molar-refractivity contribution < 1.29 is 4.79 Å². The fraction of sp³-hybridized carbons (Fsp3) is 0.320. The lowest BCUT2D eigenvalue weighted by atomic mass is 9.63. The maximum absolute atomic E-state index is 12.2. The van der Waals surface area contributed by atoms with E-state index in [0.717, 1.165) is 19.3 Å². The van der Waals surface area contributed by atoms with Crippen LogP contribution in [0.2, 0.25) is 0 Å². The first-order valence-electron chi connectivity index (χ1n) is 10.1. The first kappa shape index (κ1) is 17.8. The number of hydrogen-bond donors (Lipinski definition) is 0. The highest BCUT2D eigenvalue weighted by Crippen LogP contribution is 2.46. The molecule has 3 aromatic rings. The number of carbonyl (C=O) groups is 1. The van der Waals surface area contributed by atoms with Crippen LogP contribution in [0.1, 0.15) is 37.3 Å². The number of benzene rings is 3. The molecule has 0 spiro atoms. The van der Waals surface area contributed by atoms with E-state index >= 15 is 0 Å². The molecule has 5 rings (SSSR count). The second kappa shape index (κ2) is 6.66. The van der Waals surface area contributed by atoms with Crippen LogP contribution in [0.5, 0.6) is 0 Å². The van der Waals surface area contributed by atoms with Crippen molar-refractivity contribution in [2.75, 3.05) is 7.05 Å². The van der Waals surface area contributed by atoms with Gasteiger partial charge in [0.15, 0.2) is 0 Å². The van der Waals surface area contributed by atoms with Gasteiger partial charge in [-0.3, -0.25) is 4.79 Å². The highest BCUT2D eigenvalue weighted by molar-refractivity contribution is 7.99. The molecule has 1 saturated heterocycles. The Bertz CT molecular complexity index is 1070. The summed E-state index contributed by atoms with van der Waals surface area (Å²) in [5, 5.41) is 2.60. The van der Waals surface area contributed by atoms with Gasteiger partial charge in [-0.25, -0.2) is 0 Å². The highest BCUT2D eigenvalue weighted by atomic mass is 32.2. The third-order valence-electron chi connectivity index (χ3n) is 6.81. The summed E-state index contributed by atoms with van der Waals surface area (Å²) in [6, 6.07) is 22.4. The molecule has 142 valence electrons. The molecule has 0 bridgehead atoms. The van der Waals surface area contributed by atoms with E-state index in [4.69, 9.17) is 0 Å². The summed E-state index contributed by atoms with van der Waals surface area (Å²) in [4.78, 5) is 16.8. The van der Waals surface area contributed by atoms with Crippen LogP contribution in [-0.2, 0) is 16.6 Å². The Morgan fingerprint density at radius 2 is 1.86 bits per heavy atom. The zero-order valence-corrected chi connectivity index (χ0v) is 17.3. The predicted octanol–water partition coefficient (Wildman–Crippen LogP) is 5.82. The first-order chi connectivity index (χ1) is 13.6. The molecule has 2 nitrogen and oxygen atoms in total. The van der Waals surface area contributed by atoms with Gasteiger partial charge in [-0.05, 0) is 59.4 Å². The molecule has 1 fully saturated rings. The van der Waals surface area contributed by atoms with Gasteiger partial charge >= 0.3 is 0 Å². The second-order valence-corrected chi connectivity index (χ2v) is 9.49. The monoisotopic (exact) mass is 387 g/mol. The molecule has 2 aliphatic rings. The van der Waals surface area contributed by atoms with Crippen LogP contribution < -0.4 is 0 Å². The Hall–Kier alpha value is -2.26. The minimum Gasteiger partial charge on any atom is -0.342 e. The predicted molar refractivity (Wildman–Crippen MR) is 116 cm³/mol. The van der Waals surface area contributed by atoms with Crippen molar-refractivity contribution in [3.05, 3.63) is 71.8 Å². The second-order valence-electron chi connectivity index (χ2n) is 8.37. The van der Waals surface area contributed by atoms with Gasteiger partial charge in [-0.15, -0.1) is 0 Å². The maximum Gasteiger partial charge on any atom is 0.222 e. The number of rotatable bonds is 2. The molecular weight excluding hydrogens is 362 g/mol. The Morgan fingerprint density at radius 1 is 1.04 bits per heavy atom. The van der Waals surface area contributed by atoms with E-state index in [0.29, 0.717) is 18.4 Å². The molecule has 0 aromatic heterocycles. The maximum atomic E-state index is 12.2. The number of nitrogens with zero attached hydrogens (tertiary/aromatic N) is 1. The summed E-state index contributed by atoms with van der Waals surface area (Å²) in [5.41, 5.74) is 3.00. The lowest BCUT2D eigenvalue weighted by Gasteiger charge is -2.50. The van der Waals surface area contributed by atoms with Gasteiger partial charge in [-0.2, -0.15) is 0 Å². The molecule has 0 N–H and O–H groups in total. The highest BCUT2D eigenvalue weighted by Gasteiger charge is 2.46. The van der Waals surface area contributed by atoms with Crippen LogP contribution in [0.15, 0.2) is 70.5 Å².